The summed E-state index contributed by atoms with van der Waals surface area (Å²) in [5, 5.41) is 0. The van der Waals surface area contributed by atoms with Gasteiger partial charge < -0.3 is 19.9 Å². The fraction of sp³-hybridized carbons (Fsp3) is 0.250. The highest BCUT2D eigenvalue weighted by atomic mass is 19.3. The Kier molecular flexibility index (Phi) is 6.13. The number of carbonyl (C=O) groups excluding carboxylic acids is 2. The van der Waals surface area contributed by atoms with Crippen molar-refractivity contribution in [3.8, 4) is 11.5 Å². The summed E-state index contributed by atoms with van der Waals surface area (Å²) < 4.78 is 39.4. The second kappa shape index (κ2) is 8.33. The SMILES string of the molecule is COc1cc(C(=O)OCC(=O)c2c(N)n(C)c(=O)[nH]c2=O)ccc1OC(F)F. The largest absolute Gasteiger partial charge is 0.493 e. The Hall–Kier alpha value is -3.70. The third-order valence-corrected chi connectivity index (χ3v) is 3.60. The minimum Gasteiger partial charge on any atom is -0.493 e. The molecule has 0 radical (unpaired) electrons. The Morgan fingerprint density at radius 1 is 1.25 bits per heavy atom. The van der Waals surface area contributed by atoms with Gasteiger partial charge in [0.25, 0.3) is 5.56 Å². The third kappa shape index (κ3) is 4.34. The monoisotopic (exact) mass is 399 g/mol. The number of benzene rings is 1. The van der Waals surface area contributed by atoms with Crippen molar-refractivity contribution in [2.24, 2.45) is 7.05 Å². The van der Waals surface area contributed by atoms with Crippen LogP contribution in [0, 0.1) is 0 Å². The van der Waals surface area contributed by atoms with Crippen LogP contribution >= 0.6 is 0 Å². The number of aromatic amines is 1. The summed E-state index contributed by atoms with van der Waals surface area (Å²) in [5.74, 6) is -2.76. The molecule has 0 aliphatic rings. The van der Waals surface area contributed by atoms with E-state index in [1.54, 1.807) is 0 Å². The first-order chi connectivity index (χ1) is 13.1. The molecule has 1 aromatic carbocycles. The molecule has 12 heteroatoms. The van der Waals surface area contributed by atoms with Crippen molar-refractivity contribution < 1.29 is 32.6 Å². The van der Waals surface area contributed by atoms with Gasteiger partial charge in [-0.3, -0.25) is 19.1 Å². The lowest BCUT2D eigenvalue weighted by Crippen LogP contribution is -2.35. The Morgan fingerprint density at radius 3 is 2.54 bits per heavy atom. The van der Waals surface area contributed by atoms with E-state index in [1.807, 2.05) is 4.98 Å². The molecule has 28 heavy (non-hydrogen) atoms. The summed E-state index contributed by atoms with van der Waals surface area (Å²) in [7, 11) is 2.42. The van der Waals surface area contributed by atoms with Crippen LogP contribution in [0.4, 0.5) is 14.6 Å². The van der Waals surface area contributed by atoms with Gasteiger partial charge in [-0.05, 0) is 18.2 Å². The number of anilines is 1. The maximum absolute atomic E-state index is 12.3. The van der Waals surface area contributed by atoms with Gasteiger partial charge in [-0.2, -0.15) is 8.78 Å². The van der Waals surface area contributed by atoms with Gasteiger partial charge in [-0.1, -0.05) is 0 Å². The van der Waals surface area contributed by atoms with E-state index in [0.29, 0.717) is 0 Å². The predicted octanol–water partition coefficient (Wildman–Crippen LogP) is 0.305. The predicted molar refractivity (Wildman–Crippen MR) is 91.0 cm³/mol. The van der Waals surface area contributed by atoms with Gasteiger partial charge in [0.2, 0.25) is 5.78 Å². The molecule has 2 aromatic rings. The molecule has 1 aromatic heterocycles. The fourth-order valence-corrected chi connectivity index (χ4v) is 2.18. The molecule has 0 atom stereocenters. The molecule has 3 N–H and O–H groups in total. The van der Waals surface area contributed by atoms with Crippen LogP contribution in [0.1, 0.15) is 20.7 Å². The Balaban J connectivity index is 2.16. The Morgan fingerprint density at radius 2 is 1.93 bits per heavy atom. The zero-order valence-corrected chi connectivity index (χ0v) is 14.7. The van der Waals surface area contributed by atoms with Crippen molar-refractivity contribution >= 4 is 17.6 Å². The average molecular weight is 399 g/mol. The summed E-state index contributed by atoms with van der Waals surface area (Å²) in [5.41, 5.74) is 3.11. The highest BCUT2D eigenvalue weighted by Gasteiger charge is 2.21. The maximum Gasteiger partial charge on any atom is 0.387 e. The van der Waals surface area contributed by atoms with Gasteiger partial charge >= 0.3 is 18.3 Å². The molecule has 0 amide bonds. The number of ketones is 1. The lowest BCUT2D eigenvalue weighted by Gasteiger charge is -2.11. The van der Waals surface area contributed by atoms with Crippen LogP contribution in [0.15, 0.2) is 27.8 Å². The van der Waals surface area contributed by atoms with E-state index in [-0.39, 0.29) is 22.9 Å². The van der Waals surface area contributed by atoms with E-state index in [2.05, 4.69) is 4.74 Å². The van der Waals surface area contributed by atoms with Crippen LogP contribution in [-0.2, 0) is 11.8 Å². The normalized spacial score (nSPS) is 10.6. The molecule has 0 saturated carbocycles. The molecule has 0 fully saturated rings. The van der Waals surface area contributed by atoms with Crippen LogP contribution in [0.5, 0.6) is 11.5 Å². The average Bonchev–Trinajstić information content (AvgIpc) is 2.64. The number of rotatable bonds is 7. The molecule has 0 unspecified atom stereocenters. The molecule has 10 nitrogen and oxygen atoms in total. The molecule has 0 aliphatic heterocycles. The zero-order valence-electron chi connectivity index (χ0n) is 14.7. The number of nitrogens with two attached hydrogens (primary N) is 1. The van der Waals surface area contributed by atoms with E-state index in [0.717, 1.165) is 22.8 Å². The molecule has 0 bridgehead atoms. The molecule has 1 heterocycles. The number of esters is 1. The number of methoxy groups -OCH3 is 1. The number of aromatic nitrogens is 2. The van der Waals surface area contributed by atoms with Crippen LogP contribution in [0.25, 0.3) is 0 Å². The van der Waals surface area contributed by atoms with Crippen LogP contribution in [0.2, 0.25) is 0 Å². The molecule has 2 rings (SSSR count). The van der Waals surface area contributed by atoms with Crippen molar-refractivity contribution in [1.82, 2.24) is 9.55 Å². The Labute approximate surface area is 155 Å². The summed E-state index contributed by atoms with van der Waals surface area (Å²) in [6.07, 6.45) is 0. The first-order valence-electron chi connectivity index (χ1n) is 7.57. The lowest BCUT2D eigenvalue weighted by molar-refractivity contribution is -0.0512. The second-order valence-corrected chi connectivity index (χ2v) is 5.32. The van der Waals surface area contributed by atoms with E-state index >= 15 is 0 Å². The number of nitrogen functional groups attached to an aromatic ring is 1. The number of carbonyl (C=O) groups is 2. The van der Waals surface area contributed by atoms with Crippen molar-refractivity contribution in [3.63, 3.8) is 0 Å². The van der Waals surface area contributed by atoms with E-state index in [4.69, 9.17) is 15.2 Å². The minimum atomic E-state index is -3.09. The number of nitrogens with one attached hydrogen (secondary N) is 1. The number of H-pyrrole nitrogens is 1. The summed E-state index contributed by atoms with van der Waals surface area (Å²) in [6, 6.07) is 3.28. The number of nitrogens with zero attached hydrogens (tertiary/aromatic N) is 1. The van der Waals surface area contributed by atoms with Crippen molar-refractivity contribution in [3.05, 3.63) is 50.2 Å². The van der Waals surface area contributed by atoms with Gasteiger partial charge in [-0.15, -0.1) is 0 Å². The number of ether oxygens (including phenoxy) is 3. The lowest BCUT2D eigenvalue weighted by atomic mass is 10.2. The van der Waals surface area contributed by atoms with Gasteiger partial charge in [0.05, 0.1) is 12.7 Å². The summed E-state index contributed by atoms with van der Waals surface area (Å²) in [4.78, 5) is 49.3. The topological polar surface area (TPSA) is 143 Å². The third-order valence-electron chi connectivity index (χ3n) is 3.60. The minimum absolute atomic E-state index is 0.117. The van der Waals surface area contributed by atoms with E-state index in [1.165, 1.54) is 14.2 Å². The fourth-order valence-electron chi connectivity index (χ4n) is 2.18. The molecule has 0 aliphatic carbocycles. The second-order valence-electron chi connectivity index (χ2n) is 5.32. The van der Waals surface area contributed by atoms with Crippen molar-refractivity contribution in [2.75, 3.05) is 19.5 Å². The van der Waals surface area contributed by atoms with Gasteiger partial charge in [0.15, 0.2) is 18.1 Å². The first kappa shape index (κ1) is 20.6. The number of Topliss-reactive ketones (excluding diaryl/α,β-unsaturated/α-hetero) is 1. The maximum atomic E-state index is 12.3. The first-order valence-corrected chi connectivity index (χ1v) is 7.57. The van der Waals surface area contributed by atoms with E-state index in [9.17, 15) is 28.0 Å². The van der Waals surface area contributed by atoms with Crippen LogP contribution in [0.3, 0.4) is 0 Å². The number of hydrogen-bond donors (Lipinski definition) is 2. The molecule has 0 saturated heterocycles. The van der Waals surface area contributed by atoms with Crippen molar-refractivity contribution in [1.29, 1.82) is 0 Å². The van der Waals surface area contributed by atoms with Crippen LogP contribution < -0.4 is 26.5 Å². The number of hydrogen-bond acceptors (Lipinski definition) is 8. The molecular formula is C16H15F2N3O7. The molecular weight excluding hydrogens is 384 g/mol. The highest BCUT2D eigenvalue weighted by molar-refractivity contribution is 6.02. The number of halogens is 2. The van der Waals surface area contributed by atoms with Gasteiger partial charge in [0.1, 0.15) is 11.4 Å². The molecule has 0 spiro atoms. The van der Waals surface area contributed by atoms with Crippen molar-refractivity contribution in [2.45, 2.75) is 6.61 Å². The number of alkyl halides is 2. The quantitative estimate of drug-likeness (QED) is 0.500. The highest BCUT2D eigenvalue weighted by Crippen LogP contribution is 2.29. The smallest absolute Gasteiger partial charge is 0.387 e. The van der Waals surface area contributed by atoms with Gasteiger partial charge in [-0.25, -0.2) is 9.59 Å². The Bertz CT molecular complexity index is 1030. The molecule has 150 valence electrons. The van der Waals surface area contributed by atoms with Gasteiger partial charge in [0, 0.05) is 7.05 Å². The standard InChI is InChI=1S/C16H15F2N3O7/c1-21-12(19)11(13(23)20-16(21)25)8(22)6-27-14(24)7-3-4-9(28-15(17)18)10(5-7)26-2/h3-5,15H,6,19H2,1-2H3,(H,20,23,25). The zero-order chi connectivity index (χ0) is 21.0. The van der Waals surface area contributed by atoms with E-state index < -0.39 is 41.8 Å². The summed E-state index contributed by atoms with van der Waals surface area (Å²) in [6.45, 7) is -3.93. The van der Waals surface area contributed by atoms with Crippen LogP contribution in [-0.4, -0.2) is 41.6 Å². The summed E-state index contributed by atoms with van der Waals surface area (Å²) >= 11 is 0.